The Hall–Kier alpha value is -2.04. The van der Waals surface area contributed by atoms with E-state index in [1.165, 1.54) is 0 Å². The SMILES string of the molecule is CC(C)COc1cc(NCc2ccco2)nc(C(C)C)n1. The smallest absolute Gasteiger partial charge is 0.218 e. The van der Waals surface area contributed by atoms with Crippen molar-refractivity contribution in [3.8, 4) is 5.88 Å². The molecule has 114 valence electrons. The van der Waals surface area contributed by atoms with Gasteiger partial charge < -0.3 is 14.5 Å². The van der Waals surface area contributed by atoms with Gasteiger partial charge in [-0.05, 0) is 18.1 Å². The maximum absolute atomic E-state index is 5.72. The normalized spacial score (nSPS) is 11.1. The highest BCUT2D eigenvalue weighted by Gasteiger charge is 2.10. The summed E-state index contributed by atoms with van der Waals surface area (Å²) in [4.78, 5) is 8.97. The van der Waals surface area contributed by atoms with Crippen molar-refractivity contribution in [1.29, 1.82) is 0 Å². The molecule has 5 heteroatoms. The largest absolute Gasteiger partial charge is 0.477 e. The Morgan fingerprint density at radius 1 is 1.24 bits per heavy atom. The van der Waals surface area contributed by atoms with Gasteiger partial charge >= 0.3 is 0 Å². The van der Waals surface area contributed by atoms with Crippen LogP contribution in [0.3, 0.4) is 0 Å². The van der Waals surface area contributed by atoms with E-state index in [1.54, 1.807) is 6.26 Å². The van der Waals surface area contributed by atoms with Crippen LogP contribution < -0.4 is 10.1 Å². The van der Waals surface area contributed by atoms with Crippen LogP contribution in [0.25, 0.3) is 0 Å². The lowest BCUT2D eigenvalue weighted by Gasteiger charge is -2.13. The number of furan rings is 1. The summed E-state index contributed by atoms with van der Waals surface area (Å²) in [5, 5.41) is 3.25. The fourth-order valence-electron chi connectivity index (χ4n) is 1.71. The van der Waals surface area contributed by atoms with Gasteiger partial charge in [-0.25, -0.2) is 4.98 Å². The van der Waals surface area contributed by atoms with E-state index in [1.807, 2.05) is 18.2 Å². The number of rotatable bonds is 7. The van der Waals surface area contributed by atoms with Gasteiger partial charge in [0.05, 0.1) is 19.4 Å². The summed E-state index contributed by atoms with van der Waals surface area (Å²) in [6, 6.07) is 5.62. The molecule has 2 heterocycles. The van der Waals surface area contributed by atoms with Crippen molar-refractivity contribution < 1.29 is 9.15 Å². The fraction of sp³-hybridized carbons (Fsp3) is 0.500. The van der Waals surface area contributed by atoms with E-state index in [0.29, 0.717) is 24.9 Å². The molecule has 0 aromatic carbocycles. The van der Waals surface area contributed by atoms with Crippen LogP contribution in [0.2, 0.25) is 0 Å². The van der Waals surface area contributed by atoms with Crippen molar-refractivity contribution in [2.75, 3.05) is 11.9 Å². The second kappa shape index (κ2) is 7.11. The number of hydrogen-bond acceptors (Lipinski definition) is 5. The molecule has 0 bridgehead atoms. The third-order valence-electron chi connectivity index (χ3n) is 2.82. The third-order valence-corrected chi connectivity index (χ3v) is 2.82. The lowest BCUT2D eigenvalue weighted by Crippen LogP contribution is -2.10. The van der Waals surface area contributed by atoms with Gasteiger partial charge in [0.15, 0.2) is 0 Å². The Morgan fingerprint density at radius 3 is 2.67 bits per heavy atom. The zero-order valence-electron chi connectivity index (χ0n) is 13.1. The molecule has 0 fully saturated rings. The monoisotopic (exact) mass is 289 g/mol. The van der Waals surface area contributed by atoms with Gasteiger partial charge in [-0.15, -0.1) is 0 Å². The van der Waals surface area contributed by atoms with Crippen molar-refractivity contribution in [2.45, 2.75) is 40.2 Å². The molecule has 21 heavy (non-hydrogen) atoms. The van der Waals surface area contributed by atoms with Crippen molar-refractivity contribution >= 4 is 5.82 Å². The molecular formula is C16H23N3O2. The molecular weight excluding hydrogens is 266 g/mol. The molecule has 0 saturated carbocycles. The van der Waals surface area contributed by atoms with Crippen molar-refractivity contribution in [3.05, 3.63) is 36.0 Å². The first kappa shape index (κ1) is 15.4. The first-order valence-corrected chi connectivity index (χ1v) is 7.32. The van der Waals surface area contributed by atoms with E-state index in [-0.39, 0.29) is 5.92 Å². The summed E-state index contributed by atoms with van der Waals surface area (Å²) >= 11 is 0. The number of nitrogens with zero attached hydrogens (tertiary/aromatic N) is 2. The average Bonchev–Trinajstić information content (AvgIpc) is 2.96. The molecule has 0 spiro atoms. The molecule has 5 nitrogen and oxygen atoms in total. The molecule has 0 radical (unpaired) electrons. The Morgan fingerprint density at radius 2 is 2.05 bits per heavy atom. The maximum atomic E-state index is 5.72. The predicted molar refractivity (Wildman–Crippen MR) is 82.5 cm³/mol. The summed E-state index contributed by atoms with van der Waals surface area (Å²) < 4.78 is 11.0. The molecule has 0 atom stereocenters. The molecule has 2 rings (SSSR count). The summed E-state index contributed by atoms with van der Waals surface area (Å²) in [7, 11) is 0. The molecule has 0 aliphatic heterocycles. The van der Waals surface area contributed by atoms with Crippen LogP contribution in [0.1, 0.15) is 45.2 Å². The van der Waals surface area contributed by atoms with Gasteiger partial charge in [0, 0.05) is 12.0 Å². The molecule has 1 N–H and O–H groups in total. The van der Waals surface area contributed by atoms with E-state index in [0.717, 1.165) is 17.4 Å². The number of hydrogen-bond donors (Lipinski definition) is 1. The van der Waals surface area contributed by atoms with E-state index in [9.17, 15) is 0 Å². The van der Waals surface area contributed by atoms with Crippen LogP contribution in [-0.4, -0.2) is 16.6 Å². The Balaban J connectivity index is 2.10. The van der Waals surface area contributed by atoms with Gasteiger partial charge in [0.25, 0.3) is 0 Å². The Kier molecular flexibility index (Phi) is 5.20. The highest BCUT2D eigenvalue weighted by molar-refractivity contribution is 5.39. The number of anilines is 1. The lowest BCUT2D eigenvalue weighted by molar-refractivity contribution is 0.260. The van der Waals surface area contributed by atoms with Crippen LogP contribution in [-0.2, 0) is 6.54 Å². The van der Waals surface area contributed by atoms with Gasteiger partial charge in [0.2, 0.25) is 5.88 Å². The standard InChI is InChI=1S/C16H23N3O2/c1-11(2)10-21-15-8-14(18-16(19-15)12(3)4)17-9-13-6-5-7-20-13/h5-8,11-12H,9-10H2,1-4H3,(H,17,18,19). The molecule has 0 aliphatic carbocycles. The van der Waals surface area contributed by atoms with Crippen LogP contribution >= 0.6 is 0 Å². The highest BCUT2D eigenvalue weighted by atomic mass is 16.5. The summed E-state index contributed by atoms with van der Waals surface area (Å²) in [5.74, 6) is 3.72. The second-order valence-corrected chi connectivity index (χ2v) is 5.74. The minimum atomic E-state index is 0.247. The fourth-order valence-corrected chi connectivity index (χ4v) is 1.71. The first-order chi connectivity index (χ1) is 10.0. The molecule has 0 aliphatic rings. The zero-order chi connectivity index (χ0) is 15.2. The number of nitrogens with one attached hydrogen (secondary N) is 1. The van der Waals surface area contributed by atoms with Gasteiger partial charge in [-0.1, -0.05) is 27.7 Å². The van der Waals surface area contributed by atoms with Gasteiger partial charge in [-0.3, -0.25) is 0 Å². The van der Waals surface area contributed by atoms with Crippen molar-refractivity contribution in [3.63, 3.8) is 0 Å². The minimum absolute atomic E-state index is 0.247. The topological polar surface area (TPSA) is 60.2 Å². The summed E-state index contributed by atoms with van der Waals surface area (Å²) in [5.41, 5.74) is 0. The number of ether oxygens (including phenoxy) is 1. The minimum Gasteiger partial charge on any atom is -0.477 e. The van der Waals surface area contributed by atoms with Gasteiger partial charge in [0.1, 0.15) is 17.4 Å². The van der Waals surface area contributed by atoms with E-state index < -0.39 is 0 Å². The molecule has 0 saturated heterocycles. The van der Waals surface area contributed by atoms with Crippen LogP contribution in [0.5, 0.6) is 5.88 Å². The molecule has 2 aromatic heterocycles. The van der Waals surface area contributed by atoms with Crippen LogP contribution in [0.4, 0.5) is 5.82 Å². The number of aromatic nitrogens is 2. The van der Waals surface area contributed by atoms with E-state index in [2.05, 4.69) is 43.0 Å². The highest BCUT2D eigenvalue weighted by Crippen LogP contribution is 2.19. The molecule has 2 aromatic rings. The predicted octanol–water partition coefficient (Wildman–Crippen LogP) is 3.84. The summed E-state index contributed by atoms with van der Waals surface area (Å²) in [6.07, 6.45) is 1.66. The zero-order valence-corrected chi connectivity index (χ0v) is 13.1. The van der Waals surface area contributed by atoms with Crippen LogP contribution in [0, 0.1) is 5.92 Å². The van der Waals surface area contributed by atoms with E-state index >= 15 is 0 Å². The third kappa shape index (κ3) is 4.77. The first-order valence-electron chi connectivity index (χ1n) is 7.32. The van der Waals surface area contributed by atoms with Crippen molar-refractivity contribution in [2.24, 2.45) is 5.92 Å². The van der Waals surface area contributed by atoms with Gasteiger partial charge in [-0.2, -0.15) is 4.98 Å². The Bertz CT molecular complexity index is 551. The molecule has 0 unspecified atom stereocenters. The van der Waals surface area contributed by atoms with Crippen LogP contribution in [0.15, 0.2) is 28.9 Å². The molecule has 0 amide bonds. The lowest BCUT2D eigenvalue weighted by atomic mass is 10.2. The quantitative estimate of drug-likeness (QED) is 0.839. The average molecular weight is 289 g/mol. The van der Waals surface area contributed by atoms with E-state index in [4.69, 9.17) is 9.15 Å². The Labute approximate surface area is 125 Å². The summed E-state index contributed by atoms with van der Waals surface area (Å²) in [6.45, 7) is 9.59. The van der Waals surface area contributed by atoms with Crippen molar-refractivity contribution in [1.82, 2.24) is 9.97 Å². The second-order valence-electron chi connectivity index (χ2n) is 5.74. The maximum Gasteiger partial charge on any atom is 0.218 e.